The van der Waals surface area contributed by atoms with Gasteiger partial charge in [0.25, 0.3) is 5.91 Å². The first kappa shape index (κ1) is 11.4. The van der Waals surface area contributed by atoms with Crippen molar-refractivity contribution in [1.82, 2.24) is 10.3 Å². The summed E-state index contributed by atoms with van der Waals surface area (Å²) in [6.07, 6.45) is 1.39. The Labute approximate surface area is 87.9 Å². The van der Waals surface area contributed by atoms with E-state index >= 15 is 0 Å². The lowest BCUT2D eigenvalue weighted by Crippen LogP contribution is -2.31. The molecule has 0 atom stereocenters. The normalized spacial score (nSPS) is 10.2. The Balaban J connectivity index is 2.99. The lowest BCUT2D eigenvalue weighted by Gasteiger charge is -2.10. The quantitative estimate of drug-likeness (QED) is 0.794. The second-order valence-corrected chi connectivity index (χ2v) is 3.40. The number of nitrogens with zero attached hydrogens (tertiary/aromatic N) is 1. The molecule has 0 saturated heterocycles. The van der Waals surface area contributed by atoms with Gasteiger partial charge in [-0.25, -0.2) is 9.37 Å². The van der Waals surface area contributed by atoms with Gasteiger partial charge in [0.2, 0.25) is 0 Å². The van der Waals surface area contributed by atoms with E-state index in [0.29, 0.717) is 0 Å². The monoisotopic (exact) mass is 211 g/mol. The van der Waals surface area contributed by atoms with Gasteiger partial charge in [-0.05, 0) is 19.9 Å². The van der Waals surface area contributed by atoms with Crippen LogP contribution in [0.5, 0.6) is 0 Å². The number of halogens is 1. The largest absolute Gasteiger partial charge is 0.371 e. The molecule has 0 aliphatic heterocycles. The summed E-state index contributed by atoms with van der Waals surface area (Å²) >= 11 is 0. The number of pyridine rings is 1. The molecule has 4 nitrogen and oxygen atoms in total. The molecule has 5 heteroatoms. The van der Waals surface area contributed by atoms with Crippen molar-refractivity contribution in [3.63, 3.8) is 0 Å². The van der Waals surface area contributed by atoms with Crippen molar-refractivity contribution in [3.05, 3.63) is 23.6 Å². The smallest absolute Gasteiger partial charge is 0.254 e. The zero-order valence-electron chi connectivity index (χ0n) is 8.97. The molecule has 0 fully saturated rings. The maximum Gasteiger partial charge on any atom is 0.254 e. The van der Waals surface area contributed by atoms with Crippen LogP contribution in [0.4, 0.5) is 10.2 Å². The summed E-state index contributed by atoms with van der Waals surface area (Å²) in [6.45, 7) is 3.63. The average molecular weight is 211 g/mol. The zero-order chi connectivity index (χ0) is 11.4. The van der Waals surface area contributed by atoms with Crippen LogP contribution < -0.4 is 10.6 Å². The van der Waals surface area contributed by atoms with Gasteiger partial charge in [0.1, 0.15) is 0 Å². The standard InChI is InChI=1S/C10H14FN3O/c1-6(2)14-10(15)7-4-5-13-9(12-3)8(7)11/h4-6H,1-3H3,(H,12,13)(H,14,15). The van der Waals surface area contributed by atoms with Gasteiger partial charge in [0, 0.05) is 19.3 Å². The highest BCUT2D eigenvalue weighted by Crippen LogP contribution is 2.14. The van der Waals surface area contributed by atoms with Crippen LogP contribution in [-0.2, 0) is 0 Å². The number of carbonyl (C=O) groups excluding carboxylic acids is 1. The van der Waals surface area contributed by atoms with Gasteiger partial charge >= 0.3 is 0 Å². The second kappa shape index (κ2) is 4.72. The Morgan fingerprint density at radius 1 is 1.53 bits per heavy atom. The van der Waals surface area contributed by atoms with Gasteiger partial charge in [0.05, 0.1) is 5.56 Å². The Morgan fingerprint density at radius 2 is 2.20 bits per heavy atom. The maximum atomic E-state index is 13.6. The molecule has 0 aromatic carbocycles. The SMILES string of the molecule is CNc1nccc(C(=O)NC(C)C)c1F. The third kappa shape index (κ3) is 2.65. The van der Waals surface area contributed by atoms with Gasteiger partial charge in [-0.2, -0.15) is 0 Å². The van der Waals surface area contributed by atoms with E-state index in [2.05, 4.69) is 15.6 Å². The van der Waals surface area contributed by atoms with E-state index in [9.17, 15) is 9.18 Å². The first-order chi connectivity index (χ1) is 7.06. The van der Waals surface area contributed by atoms with E-state index in [1.807, 2.05) is 13.8 Å². The molecule has 2 N–H and O–H groups in total. The third-order valence-corrected chi connectivity index (χ3v) is 1.79. The Kier molecular flexibility index (Phi) is 3.60. The third-order valence-electron chi connectivity index (χ3n) is 1.79. The molecular weight excluding hydrogens is 197 g/mol. The topological polar surface area (TPSA) is 54.0 Å². The summed E-state index contributed by atoms with van der Waals surface area (Å²) in [4.78, 5) is 15.3. The first-order valence-electron chi connectivity index (χ1n) is 4.69. The predicted octanol–water partition coefficient (Wildman–Crippen LogP) is 1.40. The fourth-order valence-electron chi connectivity index (χ4n) is 1.13. The summed E-state index contributed by atoms with van der Waals surface area (Å²) in [5.74, 6) is -0.981. The Hall–Kier alpha value is -1.65. The second-order valence-electron chi connectivity index (χ2n) is 3.40. The molecule has 1 rings (SSSR count). The van der Waals surface area contributed by atoms with Crippen LogP contribution >= 0.6 is 0 Å². The number of nitrogens with one attached hydrogen (secondary N) is 2. The lowest BCUT2D eigenvalue weighted by atomic mass is 10.2. The summed E-state index contributed by atoms with van der Waals surface area (Å²) in [7, 11) is 1.55. The van der Waals surface area contributed by atoms with E-state index in [-0.39, 0.29) is 17.4 Å². The molecule has 0 spiro atoms. The van der Waals surface area contributed by atoms with Gasteiger partial charge in [0.15, 0.2) is 11.6 Å². The van der Waals surface area contributed by atoms with Crippen molar-refractivity contribution in [2.45, 2.75) is 19.9 Å². The summed E-state index contributed by atoms with van der Waals surface area (Å²) < 4.78 is 13.6. The van der Waals surface area contributed by atoms with Crippen LogP contribution in [0.25, 0.3) is 0 Å². The zero-order valence-corrected chi connectivity index (χ0v) is 8.97. The Bertz CT molecular complexity index is 366. The molecule has 1 heterocycles. The highest BCUT2D eigenvalue weighted by atomic mass is 19.1. The minimum Gasteiger partial charge on any atom is -0.371 e. The van der Waals surface area contributed by atoms with Crippen molar-refractivity contribution >= 4 is 11.7 Å². The van der Waals surface area contributed by atoms with Gasteiger partial charge in [-0.1, -0.05) is 0 Å². The molecule has 1 aromatic heterocycles. The van der Waals surface area contributed by atoms with E-state index in [1.54, 1.807) is 7.05 Å². The predicted molar refractivity (Wildman–Crippen MR) is 56.3 cm³/mol. The van der Waals surface area contributed by atoms with E-state index in [1.165, 1.54) is 12.3 Å². The number of carbonyl (C=O) groups is 1. The first-order valence-corrected chi connectivity index (χ1v) is 4.69. The van der Waals surface area contributed by atoms with Crippen molar-refractivity contribution in [3.8, 4) is 0 Å². The number of amides is 1. The molecule has 0 bridgehead atoms. The maximum absolute atomic E-state index is 13.6. The molecule has 15 heavy (non-hydrogen) atoms. The molecular formula is C10H14FN3O. The van der Waals surface area contributed by atoms with E-state index in [4.69, 9.17) is 0 Å². The van der Waals surface area contributed by atoms with E-state index < -0.39 is 11.7 Å². The summed E-state index contributed by atoms with van der Waals surface area (Å²) in [6, 6.07) is 1.33. The van der Waals surface area contributed by atoms with Crippen LogP contribution in [0.15, 0.2) is 12.3 Å². The number of aromatic nitrogens is 1. The molecule has 0 saturated carbocycles. The number of hydrogen-bond donors (Lipinski definition) is 2. The fraction of sp³-hybridized carbons (Fsp3) is 0.400. The summed E-state index contributed by atoms with van der Waals surface area (Å²) in [5.41, 5.74) is 0.00282. The van der Waals surface area contributed by atoms with E-state index in [0.717, 1.165) is 0 Å². The average Bonchev–Trinajstić information content (AvgIpc) is 2.17. The minimum atomic E-state index is -0.627. The van der Waals surface area contributed by atoms with Crippen LogP contribution in [0, 0.1) is 5.82 Å². The van der Waals surface area contributed by atoms with Crippen molar-refractivity contribution < 1.29 is 9.18 Å². The molecule has 0 aliphatic rings. The molecule has 0 unspecified atom stereocenters. The van der Waals surface area contributed by atoms with Gasteiger partial charge in [-0.3, -0.25) is 4.79 Å². The highest BCUT2D eigenvalue weighted by Gasteiger charge is 2.15. The van der Waals surface area contributed by atoms with Crippen molar-refractivity contribution in [2.75, 3.05) is 12.4 Å². The van der Waals surface area contributed by atoms with Crippen molar-refractivity contribution in [2.24, 2.45) is 0 Å². The van der Waals surface area contributed by atoms with Gasteiger partial charge < -0.3 is 10.6 Å². The molecule has 1 aromatic rings. The van der Waals surface area contributed by atoms with Crippen LogP contribution in [-0.4, -0.2) is 24.0 Å². The fourth-order valence-corrected chi connectivity index (χ4v) is 1.13. The van der Waals surface area contributed by atoms with Crippen molar-refractivity contribution in [1.29, 1.82) is 0 Å². The summed E-state index contributed by atoms with van der Waals surface area (Å²) in [5, 5.41) is 5.19. The number of rotatable bonds is 3. The van der Waals surface area contributed by atoms with Crippen LogP contribution in [0.1, 0.15) is 24.2 Å². The minimum absolute atomic E-state index is 0.00282. The van der Waals surface area contributed by atoms with Crippen LogP contribution in [0.2, 0.25) is 0 Å². The lowest BCUT2D eigenvalue weighted by molar-refractivity contribution is 0.0939. The van der Waals surface area contributed by atoms with Crippen LogP contribution in [0.3, 0.4) is 0 Å². The molecule has 1 amide bonds. The Morgan fingerprint density at radius 3 is 2.73 bits per heavy atom. The molecule has 82 valence electrons. The number of hydrogen-bond acceptors (Lipinski definition) is 3. The highest BCUT2D eigenvalue weighted by molar-refractivity contribution is 5.95. The number of anilines is 1. The van der Waals surface area contributed by atoms with Gasteiger partial charge in [-0.15, -0.1) is 0 Å². The molecule has 0 aliphatic carbocycles. The molecule has 0 radical (unpaired) electrons.